The van der Waals surface area contributed by atoms with Gasteiger partial charge in [-0.1, -0.05) is 18.2 Å². The predicted octanol–water partition coefficient (Wildman–Crippen LogP) is 0.750. The molecule has 2 N–H and O–H groups in total. The molecule has 1 heterocycles. The third kappa shape index (κ3) is 3.47. The highest BCUT2D eigenvalue weighted by atomic mass is 32.2. The van der Waals surface area contributed by atoms with Crippen molar-refractivity contribution in [3.8, 4) is 0 Å². The number of thioether (sulfide) groups is 1. The normalized spacial score (nSPS) is 16.2. The number of carbonyl (C=O) groups is 3. The van der Waals surface area contributed by atoms with Crippen molar-refractivity contribution in [1.82, 2.24) is 15.8 Å². The number of amides is 4. The minimum atomic E-state index is -0.602. The summed E-state index contributed by atoms with van der Waals surface area (Å²) in [5, 5.41) is 2.70. The summed E-state index contributed by atoms with van der Waals surface area (Å²) in [4.78, 5) is 35.1. The van der Waals surface area contributed by atoms with E-state index in [1.807, 2.05) is 30.3 Å². The number of rotatable bonds is 4. The highest BCUT2D eigenvalue weighted by molar-refractivity contribution is 8.00. The number of imide groups is 1. The topological polar surface area (TPSA) is 78.5 Å². The SMILES string of the molecule is CC(Sc1ccccc1)C(=O)NN1CC(=O)NC1=O. The van der Waals surface area contributed by atoms with Gasteiger partial charge in [-0.15, -0.1) is 11.8 Å². The number of hydrogen-bond acceptors (Lipinski definition) is 4. The molecule has 0 bridgehead atoms. The van der Waals surface area contributed by atoms with Crippen molar-refractivity contribution in [1.29, 1.82) is 0 Å². The van der Waals surface area contributed by atoms with Gasteiger partial charge in [-0.25, -0.2) is 9.80 Å². The maximum absolute atomic E-state index is 11.9. The lowest BCUT2D eigenvalue weighted by molar-refractivity contribution is -0.124. The fourth-order valence-electron chi connectivity index (χ4n) is 1.51. The molecule has 0 radical (unpaired) electrons. The van der Waals surface area contributed by atoms with Crippen LogP contribution in [0.25, 0.3) is 0 Å². The van der Waals surface area contributed by atoms with Crippen LogP contribution in [-0.2, 0) is 9.59 Å². The smallest absolute Gasteiger partial charge is 0.275 e. The molecule has 1 aromatic carbocycles. The summed E-state index contributed by atoms with van der Waals surface area (Å²) < 4.78 is 0. The van der Waals surface area contributed by atoms with E-state index >= 15 is 0 Å². The zero-order chi connectivity index (χ0) is 13.8. The number of hydrazine groups is 1. The van der Waals surface area contributed by atoms with Gasteiger partial charge < -0.3 is 0 Å². The van der Waals surface area contributed by atoms with E-state index in [-0.39, 0.29) is 17.7 Å². The lowest BCUT2D eigenvalue weighted by Crippen LogP contribution is -2.46. The van der Waals surface area contributed by atoms with E-state index in [1.54, 1.807) is 6.92 Å². The van der Waals surface area contributed by atoms with Crippen LogP contribution in [0.5, 0.6) is 0 Å². The van der Waals surface area contributed by atoms with Crippen molar-refractivity contribution < 1.29 is 14.4 Å². The Bertz CT molecular complexity index is 506. The lowest BCUT2D eigenvalue weighted by atomic mass is 10.4. The molecule has 19 heavy (non-hydrogen) atoms. The molecule has 6 nitrogen and oxygen atoms in total. The van der Waals surface area contributed by atoms with Crippen LogP contribution in [0.3, 0.4) is 0 Å². The fourth-order valence-corrected chi connectivity index (χ4v) is 2.39. The van der Waals surface area contributed by atoms with Gasteiger partial charge in [0.1, 0.15) is 6.54 Å². The zero-order valence-electron chi connectivity index (χ0n) is 10.3. The predicted molar refractivity (Wildman–Crippen MR) is 70.1 cm³/mol. The average Bonchev–Trinajstić information content (AvgIpc) is 2.69. The van der Waals surface area contributed by atoms with Gasteiger partial charge in [0.15, 0.2) is 0 Å². The van der Waals surface area contributed by atoms with Gasteiger partial charge >= 0.3 is 6.03 Å². The summed E-state index contributed by atoms with van der Waals surface area (Å²) >= 11 is 1.38. The molecule has 1 aromatic rings. The van der Waals surface area contributed by atoms with Gasteiger partial charge in [-0.3, -0.25) is 20.3 Å². The van der Waals surface area contributed by atoms with Crippen LogP contribution in [0.15, 0.2) is 35.2 Å². The number of urea groups is 1. The standard InChI is InChI=1S/C12H13N3O3S/c1-8(19-9-5-3-2-4-6-9)11(17)14-15-7-10(16)13-12(15)18/h2-6,8H,7H2,1H3,(H,14,17)(H,13,16,18). The molecule has 1 aliphatic heterocycles. The van der Waals surface area contributed by atoms with E-state index < -0.39 is 11.9 Å². The minimum absolute atomic E-state index is 0.146. The van der Waals surface area contributed by atoms with Crippen LogP contribution in [-0.4, -0.2) is 34.6 Å². The molecule has 1 aliphatic rings. The first-order valence-corrected chi connectivity index (χ1v) is 6.58. The second kappa shape index (κ2) is 5.75. The Hall–Kier alpha value is -2.02. The largest absolute Gasteiger partial charge is 0.343 e. The van der Waals surface area contributed by atoms with E-state index in [0.717, 1.165) is 9.90 Å². The van der Waals surface area contributed by atoms with Gasteiger partial charge in [0.25, 0.3) is 5.91 Å². The average molecular weight is 279 g/mol. The third-order valence-corrected chi connectivity index (χ3v) is 3.58. The van der Waals surface area contributed by atoms with Crippen LogP contribution < -0.4 is 10.7 Å². The maximum Gasteiger partial charge on any atom is 0.343 e. The Morgan fingerprint density at radius 2 is 2.05 bits per heavy atom. The number of nitrogens with one attached hydrogen (secondary N) is 2. The molecule has 0 aliphatic carbocycles. The molecule has 4 amide bonds. The van der Waals surface area contributed by atoms with Crippen LogP contribution >= 0.6 is 11.8 Å². The first-order chi connectivity index (χ1) is 9.06. The van der Waals surface area contributed by atoms with Crippen molar-refractivity contribution in [2.45, 2.75) is 17.1 Å². The Labute approximate surface area is 114 Å². The Morgan fingerprint density at radius 3 is 2.63 bits per heavy atom. The minimum Gasteiger partial charge on any atom is -0.275 e. The summed E-state index contributed by atoms with van der Waals surface area (Å²) in [5.74, 6) is -0.743. The second-order valence-corrected chi connectivity index (χ2v) is 5.40. The molecule has 7 heteroatoms. The quantitative estimate of drug-likeness (QED) is 0.630. The maximum atomic E-state index is 11.9. The first-order valence-electron chi connectivity index (χ1n) is 5.70. The number of nitrogens with zero attached hydrogens (tertiary/aromatic N) is 1. The molecule has 1 atom stereocenters. The number of carbonyl (C=O) groups excluding carboxylic acids is 3. The molecule has 1 saturated heterocycles. The van der Waals surface area contributed by atoms with Gasteiger partial charge in [0.2, 0.25) is 5.91 Å². The summed E-state index contributed by atoms with van der Waals surface area (Å²) in [6.45, 7) is 1.59. The Balaban J connectivity index is 1.89. The van der Waals surface area contributed by atoms with Gasteiger partial charge in [0.05, 0.1) is 5.25 Å². The molecule has 0 spiro atoms. The van der Waals surface area contributed by atoms with Crippen molar-refractivity contribution in [2.75, 3.05) is 6.54 Å². The van der Waals surface area contributed by atoms with E-state index in [1.165, 1.54) is 11.8 Å². The molecule has 1 fully saturated rings. The van der Waals surface area contributed by atoms with Crippen molar-refractivity contribution >= 4 is 29.6 Å². The van der Waals surface area contributed by atoms with Crippen molar-refractivity contribution in [3.05, 3.63) is 30.3 Å². The highest BCUT2D eigenvalue weighted by Gasteiger charge is 2.29. The summed E-state index contributed by atoms with van der Waals surface area (Å²) in [6, 6.07) is 8.88. The van der Waals surface area contributed by atoms with Crippen LogP contribution in [0.4, 0.5) is 4.79 Å². The second-order valence-electron chi connectivity index (χ2n) is 3.99. The summed E-state index contributed by atoms with van der Waals surface area (Å²) in [6.07, 6.45) is 0. The molecule has 1 unspecified atom stereocenters. The molecular weight excluding hydrogens is 266 g/mol. The molecule has 0 saturated carbocycles. The lowest BCUT2D eigenvalue weighted by Gasteiger charge is -2.17. The van der Waals surface area contributed by atoms with E-state index in [2.05, 4.69) is 10.7 Å². The van der Waals surface area contributed by atoms with Gasteiger partial charge in [-0.05, 0) is 19.1 Å². The highest BCUT2D eigenvalue weighted by Crippen LogP contribution is 2.22. The van der Waals surface area contributed by atoms with Crippen LogP contribution in [0.2, 0.25) is 0 Å². The molecular formula is C12H13N3O3S. The molecule has 100 valence electrons. The molecule has 2 rings (SSSR count). The number of hydrogen-bond donors (Lipinski definition) is 2. The van der Waals surface area contributed by atoms with E-state index in [0.29, 0.717) is 0 Å². The third-order valence-electron chi connectivity index (χ3n) is 2.46. The molecule has 0 aromatic heterocycles. The van der Waals surface area contributed by atoms with Gasteiger partial charge in [0, 0.05) is 4.90 Å². The van der Waals surface area contributed by atoms with Gasteiger partial charge in [-0.2, -0.15) is 0 Å². The van der Waals surface area contributed by atoms with Crippen LogP contribution in [0.1, 0.15) is 6.92 Å². The number of benzene rings is 1. The van der Waals surface area contributed by atoms with E-state index in [4.69, 9.17) is 0 Å². The fraction of sp³-hybridized carbons (Fsp3) is 0.250. The van der Waals surface area contributed by atoms with E-state index in [9.17, 15) is 14.4 Å². The van der Waals surface area contributed by atoms with Crippen LogP contribution in [0, 0.1) is 0 Å². The summed E-state index contributed by atoms with van der Waals surface area (Å²) in [5.41, 5.74) is 2.42. The zero-order valence-corrected chi connectivity index (χ0v) is 11.1. The van der Waals surface area contributed by atoms with Crippen molar-refractivity contribution in [3.63, 3.8) is 0 Å². The summed E-state index contributed by atoms with van der Waals surface area (Å²) in [7, 11) is 0. The Kier molecular flexibility index (Phi) is 4.06. The monoisotopic (exact) mass is 279 g/mol. The first kappa shape index (κ1) is 13.4. The van der Waals surface area contributed by atoms with Crippen molar-refractivity contribution in [2.24, 2.45) is 0 Å². The Morgan fingerprint density at radius 1 is 1.37 bits per heavy atom.